The van der Waals surface area contributed by atoms with Gasteiger partial charge in [-0.05, 0) is 25.5 Å². The van der Waals surface area contributed by atoms with Gasteiger partial charge in [0.25, 0.3) is 0 Å². The monoisotopic (exact) mass is 315 g/mol. The first-order valence-corrected chi connectivity index (χ1v) is 6.64. The number of hydrogen-bond donors (Lipinski definition) is 2. The van der Waals surface area contributed by atoms with Gasteiger partial charge in [-0.15, -0.1) is 0 Å². The van der Waals surface area contributed by atoms with E-state index in [2.05, 4.69) is 21.2 Å². The lowest BCUT2D eigenvalue weighted by Gasteiger charge is -2.13. The van der Waals surface area contributed by atoms with Gasteiger partial charge in [-0.2, -0.15) is 0 Å². The van der Waals surface area contributed by atoms with E-state index in [9.17, 15) is 9.90 Å². The fourth-order valence-electron chi connectivity index (χ4n) is 1.52. The summed E-state index contributed by atoms with van der Waals surface area (Å²) in [4.78, 5) is 11.0. The average molecular weight is 316 g/mol. The Bertz CT molecular complexity index is 407. The van der Waals surface area contributed by atoms with Crippen molar-refractivity contribution in [3.05, 3.63) is 28.2 Å². The number of hydrogen-bond acceptors (Lipinski definition) is 3. The smallest absolute Gasteiger partial charge is 0.219 e. The van der Waals surface area contributed by atoms with Gasteiger partial charge in [0.2, 0.25) is 5.91 Å². The molecule has 0 bridgehead atoms. The fraction of sp³-hybridized carbons (Fsp3) is 0.462. The molecule has 0 heterocycles. The lowest BCUT2D eigenvalue weighted by Crippen LogP contribution is -2.18. The van der Waals surface area contributed by atoms with Crippen molar-refractivity contribution in [1.29, 1.82) is 0 Å². The van der Waals surface area contributed by atoms with E-state index in [1.165, 1.54) is 0 Å². The molecule has 0 aliphatic heterocycles. The van der Waals surface area contributed by atoms with E-state index in [4.69, 9.17) is 4.74 Å². The van der Waals surface area contributed by atoms with Crippen LogP contribution in [0.15, 0.2) is 22.7 Å². The molecule has 0 radical (unpaired) electrons. The van der Waals surface area contributed by atoms with E-state index >= 15 is 0 Å². The predicted molar refractivity (Wildman–Crippen MR) is 73.6 cm³/mol. The molecule has 0 saturated heterocycles. The van der Waals surface area contributed by atoms with Crippen LogP contribution < -0.4 is 10.1 Å². The van der Waals surface area contributed by atoms with E-state index in [0.29, 0.717) is 25.2 Å². The third-order valence-corrected chi connectivity index (χ3v) is 3.00. The summed E-state index contributed by atoms with van der Waals surface area (Å²) in [5.41, 5.74) is 0.748. The molecule has 0 spiro atoms. The van der Waals surface area contributed by atoms with E-state index in [0.717, 1.165) is 10.0 Å². The van der Waals surface area contributed by atoms with E-state index < -0.39 is 6.10 Å². The van der Waals surface area contributed by atoms with Crippen LogP contribution in [0.4, 0.5) is 0 Å². The number of aliphatic hydroxyl groups excluding tert-OH is 1. The molecular formula is C13H18BrNO3. The lowest BCUT2D eigenvalue weighted by atomic mass is 10.1. The molecule has 1 unspecified atom stereocenters. The second-order valence-electron chi connectivity index (χ2n) is 3.98. The molecular weight excluding hydrogens is 298 g/mol. The maximum absolute atomic E-state index is 11.0. The molecule has 2 N–H and O–H groups in total. The maximum Gasteiger partial charge on any atom is 0.219 e. The van der Waals surface area contributed by atoms with Crippen LogP contribution in [0, 0.1) is 0 Å². The number of aliphatic hydroxyl groups is 1. The van der Waals surface area contributed by atoms with Crippen LogP contribution in [0.3, 0.4) is 0 Å². The molecule has 0 aromatic heterocycles. The van der Waals surface area contributed by atoms with Gasteiger partial charge in [-0.3, -0.25) is 4.79 Å². The minimum Gasteiger partial charge on any atom is -0.493 e. The Balaban J connectivity index is 2.55. The molecule has 1 atom stereocenters. The lowest BCUT2D eigenvalue weighted by molar-refractivity contribution is -0.120. The third-order valence-electron chi connectivity index (χ3n) is 2.51. The summed E-state index contributed by atoms with van der Waals surface area (Å²) in [6.07, 6.45) is 0.506. The van der Waals surface area contributed by atoms with Gasteiger partial charge in [-0.1, -0.05) is 22.0 Å². The van der Waals surface area contributed by atoms with Gasteiger partial charge < -0.3 is 15.2 Å². The van der Waals surface area contributed by atoms with Crippen LogP contribution in [-0.2, 0) is 4.79 Å². The largest absolute Gasteiger partial charge is 0.493 e. The Morgan fingerprint density at radius 3 is 2.89 bits per heavy atom. The first-order chi connectivity index (χ1) is 8.54. The summed E-state index contributed by atoms with van der Waals surface area (Å²) in [6, 6.07) is 5.50. The summed E-state index contributed by atoms with van der Waals surface area (Å²) < 4.78 is 6.50. The van der Waals surface area contributed by atoms with E-state index in [1.54, 1.807) is 14.0 Å². The topological polar surface area (TPSA) is 58.6 Å². The number of carbonyl (C=O) groups is 1. The van der Waals surface area contributed by atoms with Crippen LogP contribution in [0.2, 0.25) is 0 Å². The summed E-state index contributed by atoms with van der Waals surface area (Å²) in [7, 11) is 1.61. The molecule has 1 aromatic rings. The Kier molecular flexibility index (Phi) is 6.15. The van der Waals surface area contributed by atoms with Crippen molar-refractivity contribution in [3.63, 3.8) is 0 Å². The first-order valence-electron chi connectivity index (χ1n) is 5.85. The average Bonchev–Trinajstić information content (AvgIpc) is 2.34. The molecule has 0 fully saturated rings. The number of ether oxygens (including phenoxy) is 1. The van der Waals surface area contributed by atoms with Crippen LogP contribution >= 0.6 is 15.9 Å². The minimum absolute atomic E-state index is 0.00333. The highest BCUT2D eigenvalue weighted by molar-refractivity contribution is 9.10. The molecule has 100 valence electrons. The van der Waals surface area contributed by atoms with Gasteiger partial charge >= 0.3 is 0 Å². The van der Waals surface area contributed by atoms with Crippen LogP contribution in [-0.4, -0.2) is 24.7 Å². The summed E-state index contributed by atoms with van der Waals surface area (Å²) in [5.74, 6) is 0.653. The molecule has 0 aliphatic rings. The van der Waals surface area contributed by atoms with Crippen molar-refractivity contribution in [2.24, 2.45) is 0 Å². The SMILES string of the molecule is CNC(=O)CCCOc1cc(Br)ccc1C(C)O. The van der Waals surface area contributed by atoms with Crippen molar-refractivity contribution in [2.45, 2.75) is 25.9 Å². The number of halogens is 1. The molecule has 1 rings (SSSR count). The standard InChI is InChI=1S/C13H18BrNO3/c1-9(16)11-6-5-10(14)8-12(11)18-7-3-4-13(17)15-2/h5-6,8-9,16H,3-4,7H2,1-2H3,(H,15,17). The van der Waals surface area contributed by atoms with Crippen molar-refractivity contribution in [1.82, 2.24) is 5.32 Å². The zero-order valence-corrected chi connectivity index (χ0v) is 12.2. The zero-order chi connectivity index (χ0) is 13.5. The quantitative estimate of drug-likeness (QED) is 0.793. The fourth-order valence-corrected chi connectivity index (χ4v) is 1.86. The highest BCUT2D eigenvalue weighted by Gasteiger charge is 2.09. The number of amides is 1. The van der Waals surface area contributed by atoms with E-state index in [-0.39, 0.29) is 5.91 Å². The number of nitrogens with one attached hydrogen (secondary N) is 1. The van der Waals surface area contributed by atoms with Crippen molar-refractivity contribution in [3.8, 4) is 5.75 Å². The second-order valence-corrected chi connectivity index (χ2v) is 4.90. The molecule has 5 heteroatoms. The van der Waals surface area contributed by atoms with Crippen molar-refractivity contribution in [2.75, 3.05) is 13.7 Å². The zero-order valence-electron chi connectivity index (χ0n) is 10.6. The van der Waals surface area contributed by atoms with Crippen LogP contribution in [0.5, 0.6) is 5.75 Å². The highest BCUT2D eigenvalue weighted by atomic mass is 79.9. The number of carbonyl (C=O) groups excluding carboxylic acids is 1. The van der Waals surface area contributed by atoms with Gasteiger partial charge in [-0.25, -0.2) is 0 Å². The van der Waals surface area contributed by atoms with Crippen LogP contribution in [0.1, 0.15) is 31.4 Å². The molecule has 1 aromatic carbocycles. The molecule has 0 aliphatic carbocycles. The van der Waals surface area contributed by atoms with Crippen LogP contribution in [0.25, 0.3) is 0 Å². The molecule has 4 nitrogen and oxygen atoms in total. The predicted octanol–water partition coefficient (Wildman–Crippen LogP) is 2.41. The Morgan fingerprint density at radius 2 is 2.28 bits per heavy atom. The Morgan fingerprint density at radius 1 is 1.56 bits per heavy atom. The van der Waals surface area contributed by atoms with Gasteiger partial charge in [0.05, 0.1) is 12.7 Å². The normalized spacial score (nSPS) is 12.0. The molecule has 1 amide bonds. The van der Waals surface area contributed by atoms with Gasteiger partial charge in [0.15, 0.2) is 0 Å². The maximum atomic E-state index is 11.0. The van der Waals surface area contributed by atoms with Crippen molar-refractivity contribution < 1.29 is 14.6 Å². The summed E-state index contributed by atoms with van der Waals surface area (Å²) in [5, 5.41) is 12.2. The summed E-state index contributed by atoms with van der Waals surface area (Å²) in [6.45, 7) is 2.14. The molecule has 0 saturated carbocycles. The van der Waals surface area contributed by atoms with Gasteiger partial charge in [0.1, 0.15) is 5.75 Å². The number of benzene rings is 1. The Hall–Kier alpha value is -1.07. The first kappa shape index (κ1) is 15.0. The third kappa shape index (κ3) is 4.66. The second kappa shape index (κ2) is 7.38. The van der Waals surface area contributed by atoms with E-state index in [1.807, 2.05) is 18.2 Å². The minimum atomic E-state index is -0.577. The molecule has 18 heavy (non-hydrogen) atoms. The highest BCUT2D eigenvalue weighted by Crippen LogP contribution is 2.28. The summed E-state index contributed by atoms with van der Waals surface area (Å²) >= 11 is 3.36. The van der Waals surface area contributed by atoms with Gasteiger partial charge in [0, 0.05) is 23.5 Å². The Labute approximate surface area is 115 Å². The number of rotatable bonds is 6. The van der Waals surface area contributed by atoms with Crippen molar-refractivity contribution >= 4 is 21.8 Å².